The molecule has 0 bridgehead atoms. The summed E-state index contributed by atoms with van der Waals surface area (Å²) in [5.41, 5.74) is -0.0991. The van der Waals surface area contributed by atoms with Crippen molar-refractivity contribution in [1.82, 2.24) is 14.8 Å². The number of hydrogen-bond acceptors (Lipinski definition) is 4. The van der Waals surface area contributed by atoms with Crippen LogP contribution in [0.25, 0.3) is 0 Å². The molecule has 0 aliphatic carbocycles. The van der Waals surface area contributed by atoms with E-state index in [4.69, 9.17) is 0 Å². The van der Waals surface area contributed by atoms with Crippen molar-refractivity contribution in [3.63, 3.8) is 0 Å². The van der Waals surface area contributed by atoms with Gasteiger partial charge >= 0.3 is 0 Å². The van der Waals surface area contributed by atoms with Crippen molar-refractivity contribution in [3.05, 3.63) is 41.5 Å². The van der Waals surface area contributed by atoms with Crippen LogP contribution in [0.1, 0.15) is 16.2 Å². The Labute approximate surface area is 111 Å². The van der Waals surface area contributed by atoms with Gasteiger partial charge in [-0.25, -0.2) is 13.8 Å². The number of amides is 1. The molecule has 0 atom stereocenters. The number of carbonyl (C=O) groups excluding carboxylic acids is 2. The molecule has 102 valence electrons. The Hall–Kier alpha value is -2.64. The number of carbonyl (C=O) groups is 2. The fourth-order valence-electron chi connectivity index (χ4n) is 2.05. The highest BCUT2D eigenvalue weighted by molar-refractivity contribution is 6.52. The summed E-state index contributed by atoms with van der Waals surface area (Å²) in [5.74, 6) is -3.56. The van der Waals surface area contributed by atoms with Crippen LogP contribution in [0.5, 0.6) is 0 Å². The van der Waals surface area contributed by atoms with E-state index in [0.29, 0.717) is 5.82 Å². The first-order valence-corrected chi connectivity index (χ1v) is 5.67. The second-order valence-corrected chi connectivity index (χ2v) is 4.30. The Bertz CT molecular complexity index is 741. The quantitative estimate of drug-likeness (QED) is 0.763. The molecule has 1 amide bonds. The van der Waals surface area contributed by atoms with Gasteiger partial charge in [0.25, 0.3) is 11.7 Å². The Kier molecular flexibility index (Phi) is 2.60. The van der Waals surface area contributed by atoms with E-state index in [-0.39, 0.29) is 17.8 Å². The lowest BCUT2D eigenvalue weighted by atomic mass is 10.1. The number of Topliss-reactive ketones (excluding diaryl/α,β-unsaturated/α-hetero) is 1. The highest BCUT2D eigenvalue weighted by atomic mass is 19.2. The van der Waals surface area contributed by atoms with Crippen molar-refractivity contribution < 1.29 is 18.4 Å². The summed E-state index contributed by atoms with van der Waals surface area (Å²) in [5, 5.41) is 3.84. The molecule has 2 aromatic rings. The minimum Gasteiger partial charge on any atom is -0.297 e. The fourth-order valence-corrected chi connectivity index (χ4v) is 2.05. The molecule has 8 heteroatoms. The SMILES string of the molecule is Cn1ncnc1CN1C(=O)C(=O)c2cc(F)c(F)cc21. The molecule has 1 aromatic carbocycles. The van der Waals surface area contributed by atoms with E-state index in [0.717, 1.165) is 17.0 Å². The molecule has 1 aliphatic heterocycles. The van der Waals surface area contributed by atoms with Gasteiger partial charge in [0.1, 0.15) is 12.2 Å². The third-order valence-corrected chi connectivity index (χ3v) is 3.12. The first kappa shape index (κ1) is 12.4. The summed E-state index contributed by atoms with van der Waals surface area (Å²) in [6, 6.07) is 1.57. The maximum atomic E-state index is 13.3. The topological polar surface area (TPSA) is 68.1 Å². The number of nitrogens with zero attached hydrogens (tertiary/aromatic N) is 4. The summed E-state index contributed by atoms with van der Waals surface area (Å²) in [7, 11) is 1.62. The van der Waals surface area contributed by atoms with Gasteiger partial charge in [-0.15, -0.1) is 0 Å². The normalized spacial score (nSPS) is 14.1. The molecular weight excluding hydrogens is 270 g/mol. The fraction of sp³-hybridized carbons (Fsp3) is 0.167. The van der Waals surface area contributed by atoms with Crippen molar-refractivity contribution in [1.29, 1.82) is 0 Å². The molecule has 0 radical (unpaired) electrons. The molecule has 1 aromatic heterocycles. The number of rotatable bonds is 2. The summed E-state index contributed by atoms with van der Waals surface area (Å²) < 4.78 is 27.9. The number of ketones is 1. The lowest BCUT2D eigenvalue weighted by Gasteiger charge is -2.15. The highest BCUT2D eigenvalue weighted by Gasteiger charge is 2.37. The van der Waals surface area contributed by atoms with Gasteiger partial charge in [0.15, 0.2) is 11.6 Å². The van der Waals surface area contributed by atoms with Gasteiger partial charge in [0, 0.05) is 13.1 Å². The Balaban J connectivity index is 2.06. The third-order valence-electron chi connectivity index (χ3n) is 3.12. The van der Waals surface area contributed by atoms with Crippen LogP contribution in [0.2, 0.25) is 0 Å². The van der Waals surface area contributed by atoms with Crippen LogP contribution in [-0.4, -0.2) is 26.5 Å². The van der Waals surface area contributed by atoms with E-state index in [1.807, 2.05) is 0 Å². The van der Waals surface area contributed by atoms with Crippen LogP contribution >= 0.6 is 0 Å². The van der Waals surface area contributed by atoms with Gasteiger partial charge < -0.3 is 0 Å². The third kappa shape index (κ3) is 1.68. The highest BCUT2D eigenvalue weighted by Crippen LogP contribution is 2.31. The lowest BCUT2D eigenvalue weighted by molar-refractivity contribution is -0.114. The standard InChI is InChI=1S/C12H8F2N4O2/c1-17-10(15-5-16-17)4-18-9-3-8(14)7(13)2-6(9)11(19)12(18)20/h2-3,5H,4H2,1H3. The minimum atomic E-state index is -1.16. The van der Waals surface area contributed by atoms with Crippen LogP contribution in [0.3, 0.4) is 0 Å². The summed E-state index contributed by atoms with van der Waals surface area (Å²) >= 11 is 0. The molecule has 2 heterocycles. The second kappa shape index (κ2) is 4.19. The number of hydrogen-bond donors (Lipinski definition) is 0. The number of anilines is 1. The minimum absolute atomic E-state index is 0.0425. The zero-order valence-electron chi connectivity index (χ0n) is 10.3. The van der Waals surface area contributed by atoms with Crippen LogP contribution in [0, 0.1) is 11.6 Å². The number of aryl methyl sites for hydroxylation is 1. The molecule has 0 spiro atoms. The van der Waals surface area contributed by atoms with E-state index in [1.54, 1.807) is 7.05 Å². The molecule has 0 saturated carbocycles. The first-order chi connectivity index (χ1) is 9.49. The molecule has 20 heavy (non-hydrogen) atoms. The molecule has 0 fully saturated rings. The van der Waals surface area contributed by atoms with Crippen molar-refractivity contribution >= 4 is 17.4 Å². The van der Waals surface area contributed by atoms with E-state index in [1.165, 1.54) is 11.0 Å². The lowest BCUT2D eigenvalue weighted by Crippen LogP contribution is -2.30. The van der Waals surface area contributed by atoms with Crippen molar-refractivity contribution in [3.8, 4) is 0 Å². The smallest absolute Gasteiger partial charge is 0.297 e. The number of halogens is 2. The average Bonchev–Trinajstić information content (AvgIpc) is 2.90. The molecular formula is C12H8F2N4O2. The predicted octanol–water partition coefficient (Wildman–Crippen LogP) is 0.823. The zero-order chi connectivity index (χ0) is 14.4. The maximum absolute atomic E-state index is 13.3. The number of fused-ring (bicyclic) bond motifs is 1. The molecule has 0 unspecified atom stereocenters. The van der Waals surface area contributed by atoms with E-state index in [2.05, 4.69) is 10.1 Å². The molecule has 0 saturated heterocycles. The van der Waals surface area contributed by atoms with E-state index in [9.17, 15) is 18.4 Å². The summed E-state index contributed by atoms with van der Waals surface area (Å²) in [6.45, 7) is -0.0425. The van der Waals surface area contributed by atoms with Gasteiger partial charge in [0.05, 0.1) is 17.8 Å². The van der Waals surface area contributed by atoms with E-state index >= 15 is 0 Å². The molecule has 6 nitrogen and oxygen atoms in total. The van der Waals surface area contributed by atoms with Crippen LogP contribution < -0.4 is 4.90 Å². The number of aromatic nitrogens is 3. The molecule has 3 rings (SSSR count). The zero-order valence-corrected chi connectivity index (χ0v) is 10.3. The van der Waals surface area contributed by atoms with E-state index < -0.39 is 23.3 Å². The van der Waals surface area contributed by atoms with Crippen molar-refractivity contribution in [2.45, 2.75) is 6.54 Å². The van der Waals surface area contributed by atoms with Crippen molar-refractivity contribution in [2.24, 2.45) is 7.05 Å². The van der Waals surface area contributed by atoms with Gasteiger partial charge in [-0.05, 0) is 6.07 Å². The van der Waals surface area contributed by atoms with Crippen LogP contribution in [0.4, 0.5) is 14.5 Å². The molecule has 1 aliphatic rings. The number of benzene rings is 1. The van der Waals surface area contributed by atoms with Crippen LogP contribution in [0.15, 0.2) is 18.5 Å². The molecule has 0 N–H and O–H groups in total. The largest absolute Gasteiger partial charge is 0.299 e. The van der Waals surface area contributed by atoms with Crippen molar-refractivity contribution in [2.75, 3.05) is 4.90 Å². The summed E-state index contributed by atoms with van der Waals surface area (Å²) in [6.07, 6.45) is 1.30. The van der Waals surface area contributed by atoms with Gasteiger partial charge in [-0.3, -0.25) is 19.2 Å². The maximum Gasteiger partial charge on any atom is 0.299 e. The van der Waals surface area contributed by atoms with Gasteiger partial charge in [0.2, 0.25) is 0 Å². The average molecular weight is 278 g/mol. The Morgan fingerprint density at radius 2 is 1.90 bits per heavy atom. The second-order valence-electron chi connectivity index (χ2n) is 4.30. The Morgan fingerprint density at radius 3 is 2.55 bits per heavy atom. The first-order valence-electron chi connectivity index (χ1n) is 5.67. The monoisotopic (exact) mass is 278 g/mol. The predicted molar refractivity (Wildman–Crippen MR) is 62.9 cm³/mol. The Morgan fingerprint density at radius 1 is 1.20 bits per heavy atom. The van der Waals surface area contributed by atoms with Crippen LogP contribution in [-0.2, 0) is 18.4 Å². The van der Waals surface area contributed by atoms with Gasteiger partial charge in [-0.2, -0.15) is 5.10 Å². The summed E-state index contributed by atoms with van der Waals surface area (Å²) in [4.78, 5) is 28.6. The van der Waals surface area contributed by atoms with Gasteiger partial charge in [-0.1, -0.05) is 0 Å².